The van der Waals surface area contributed by atoms with E-state index < -0.39 is 0 Å². The molecule has 1 aliphatic carbocycles. The van der Waals surface area contributed by atoms with Gasteiger partial charge < -0.3 is 9.47 Å². The highest BCUT2D eigenvalue weighted by Crippen LogP contribution is 2.47. The van der Waals surface area contributed by atoms with Crippen molar-refractivity contribution in [2.24, 2.45) is 0 Å². The summed E-state index contributed by atoms with van der Waals surface area (Å²) < 4.78 is 11.5. The third-order valence-corrected chi connectivity index (χ3v) is 4.76. The minimum absolute atomic E-state index is 0.460. The van der Waals surface area contributed by atoms with Gasteiger partial charge in [-0.25, -0.2) is 0 Å². The molecule has 1 unspecified atom stereocenters. The molecule has 0 saturated carbocycles. The fourth-order valence-corrected chi connectivity index (χ4v) is 3.40. The SMILES string of the molecule is CCOc1c(C)c2c(c(C)c1OC)C(C)C(C)=C(C)C2. The van der Waals surface area contributed by atoms with E-state index in [9.17, 15) is 0 Å². The third-order valence-electron chi connectivity index (χ3n) is 4.76. The van der Waals surface area contributed by atoms with Gasteiger partial charge in [-0.05, 0) is 63.3 Å². The fraction of sp³-hybridized carbons (Fsp3) is 0.556. The van der Waals surface area contributed by atoms with Crippen molar-refractivity contribution in [2.45, 2.75) is 53.9 Å². The lowest BCUT2D eigenvalue weighted by molar-refractivity contribution is 0.306. The van der Waals surface area contributed by atoms with Gasteiger partial charge in [0.05, 0.1) is 13.7 Å². The molecule has 1 aromatic rings. The summed E-state index contributed by atoms with van der Waals surface area (Å²) in [5.74, 6) is 2.29. The van der Waals surface area contributed by atoms with E-state index in [2.05, 4.69) is 34.6 Å². The summed E-state index contributed by atoms with van der Waals surface area (Å²) in [6.07, 6.45) is 1.03. The van der Waals surface area contributed by atoms with Crippen molar-refractivity contribution >= 4 is 0 Å². The Kier molecular flexibility index (Phi) is 4.12. The first kappa shape index (κ1) is 15.0. The second kappa shape index (κ2) is 5.51. The van der Waals surface area contributed by atoms with E-state index in [0.717, 1.165) is 17.9 Å². The minimum atomic E-state index is 0.460. The molecule has 1 aliphatic rings. The second-order valence-corrected chi connectivity index (χ2v) is 5.80. The molecular formula is C18H26O2. The Morgan fingerprint density at radius 2 is 1.70 bits per heavy atom. The van der Waals surface area contributed by atoms with E-state index in [1.165, 1.54) is 33.4 Å². The van der Waals surface area contributed by atoms with Crippen molar-refractivity contribution in [3.05, 3.63) is 33.4 Å². The van der Waals surface area contributed by atoms with Crippen LogP contribution in [-0.4, -0.2) is 13.7 Å². The van der Waals surface area contributed by atoms with Gasteiger partial charge in [-0.1, -0.05) is 18.1 Å². The van der Waals surface area contributed by atoms with Crippen LogP contribution in [0, 0.1) is 13.8 Å². The molecule has 1 aromatic carbocycles. The molecule has 0 aliphatic heterocycles. The van der Waals surface area contributed by atoms with Crippen molar-refractivity contribution < 1.29 is 9.47 Å². The van der Waals surface area contributed by atoms with Crippen molar-refractivity contribution in [1.29, 1.82) is 0 Å². The topological polar surface area (TPSA) is 18.5 Å². The number of fused-ring (bicyclic) bond motifs is 1. The van der Waals surface area contributed by atoms with Gasteiger partial charge in [0, 0.05) is 5.92 Å². The number of hydrogen-bond acceptors (Lipinski definition) is 2. The van der Waals surface area contributed by atoms with Crippen LogP contribution in [0.1, 0.15) is 55.9 Å². The molecule has 0 aromatic heterocycles. The Labute approximate surface area is 122 Å². The monoisotopic (exact) mass is 274 g/mol. The van der Waals surface area contributed by atoms with Gasteiger partial charge in [0.2, 0.25) is 0 Å². The highest BCUT2D eigenvalue weighted by atomic mass is 16.5. The van der Waals surface area contributed by atoms with Crippen molar-refractivity contribution in [3.63, 3.8) is 0 Å². The maximum absolute atomic E-state index is 5.86. The van der Waals surface area contributed by atoms with Crippen LogP contribution in [0.4, 0.5) is 0 Å². The third kappa shape index (κ3) is 2.11. The van der Waals surface area contributed by atoms with E-state index in [1.54, 1.807) is 7.11 Å². The molecule has 0 spiro atoms. The molecule has 0 saturated heterocycles. The number of benzene rings is 1. The van der Waals surface area contributed by atoms with Crippen LogP contribution in [0.15, 0.2) is 11.1 Å². The van der Waals surface area contributed by atoms with E-state index in [0.29, 0.717) is 12.5 Å². The molecule has 0 fully saturated rings. The highest BCUT2D eigenvalue weighted by molar-refractivity contribution is 5.63. The summed E-state index contributed by atoms with van der Waals surface area (Å²) in [6.45, 7) is 13.8. The van der Waals surface area contributed by atoms with Gasteiger partial charge in [-0.3, -0.25) is 0 Å². The van der Waals surface area contributed by atoms with Gasteiger partial charge in [0.25, 0.3) is 0 Å². The Bertz CT molecular complexity index is 568. The van der Waals surface area contributed by atoms with Crippen molar-refractivity contribution in [1.82, 2.24) is 0 Å². The number of hydrogen-bond donors (Lipinski definition) is 0. The average molecular weight is 274 g/mol. The Balaban J connectivity index is 2.74. The van der Waals surface area contributed by atoms with Gasteiger partial charge in [0.15, 0.2) is 11.5 Å². The lowest BCUT2D eigenvalue weighted by Crippen LogP contribution is -2.15. The number of allylic oxidation sites excluding steroid dienone is 2. The van der Waals surface area contributed by atoms with Crippen LogP contribution in [-0.2, 0) is 6.42 Å². The van der Waals surface area contributed by atoms with E-state index in [1.807, 2.05) is 6.92 Å². The van der Waals surface area contributed by atoms with Crippen LogP contribution in [0.3, 0.4) is 0 Å². The molecule has 0 heterocycles. The predicted molar refractivity (Wildman–Crippen MR) is 84.1 cm³/mol. The summed E-state index contributed by atoms with van der Waals surface area (Å²) in [5, 5.41) is 0. The van der Waals surface area contributed by atoms with Gasteiger partial charge in [-0.2, -0.15) is 0 Å². The van der Waals surface area contributed by atoms with Crippen molar-refractivity contribution in [2.75, 3.05) is 13.7 Å². The zero-order valence-corrected chi connectivity index (χ0v) is 13.8. The maximum Gasteiger partial charge on any atom is 0.164 e. The fourth-order valence-electron chi connectivity index (χ4n) is 3.40. The van der Waals surface area contributed by atoms with E-state index in [4.69, 9.17) is 9.47 Å². The van der Waals surface area contributed by atoms with Crippen LogP contribution in [0.25, 0.3) is 0 Å². The molecular weight excluding hydrogens is 248 g/mol. The Morgan fingerprint density at radius 1 is 1.05 bits per heavy atom. The van der Waals surface area contributed by atoms with E-state index >= 15 is 0 Å². The molecule has 1 atom stereocenters. The lowest BCUT2D eigenvalue weighted by Gasteiger charge is -2.31. The smallest absolute Gasteiger partial charge is 0.164 e. The molecule has 0 N–H and O–H groups in total. The summed E-state index contributed by atoms with van der Waals surface area (Å²) in [5.41, 5.74) is 8.32. The quantitative estimate of drug-likeness (QED) is 0.743. The molecule has 2 rings (SSSR count). The van der Waals surface area contributed by atoms with Crippen LogP contribution < -0.4 is 9.47 Å². The first-order chi connectivity index (χ1) is 9.43. The standard InChI is InChI=1S/C18H26O2/c1-8-20-18-13(5)15-9-10(2)11(3)12(4)16(15)14(6)17(18)19-7/h12H,8-9H2,1-7H3. The first-order valence-corrected chi connectivity index (χ1v) is 7.42. The maximum atomic E-state index is 5.86. The largest absolute Gasteiger partial charge is 0.493 e. The first-order valence-electron chi connectivity index (χ1n) is 7.42. The number of ether oxygens (including phenoxy) is 2. The Morgan fingerprint density at radius 3 is 2.25 bits per heavy atom. The zero-order valence-electron chi connectivity index (χ0n) is 13.8. The summed E-state index contributed by atoms with van der Waals surface area (Å²) in [7, 11) is 1.73. The lowest BCUT2D eigenvalue weighted by atomic mass is 9.76. The highest BCUT2D eigenvalue weighted by Gasteiger charge is 2.28. The molecule has 110 valence electrons. The summed E-state index contributed by atoms with van der Waals surface area (Å²) in [6, 6.07) is 0. The average Bonchev–Trinajstić information content (AvgIpc) is 2.42. The van der Waals surface area contributed by atoms with Crippen LogP contribution in [0.2, 0.25) is 0 Å². The molecule has 2 heteroatoms. The predicted octanol–water partition coefficient (Wildman–Crippen LogP) is 4.71. The zero-order chi connectivity index (χ0) is 15.0. The Hall–Kier alpha value is -1.44. The van der Waals surface area contributed by atoms with Gasteiger partial charge >= 0.3 is 0 Å². The van der Waals surface area contributed by atoms with Crippen LogP contribution in [0.5, 0.6) is 11.5 Å². The number of methoxy groups -OCH3 is 1. The molecule has 2 nitrogen and oxygen atoms in total. The molecule has 0 bridgehead atoms. The molecule has 0 amide bonds. The van der Waals surface area contributed by atoms with E-state index in [-0.39, 0.29) is 0 Å². The number of rotatable bonds is 3. The molecule has 0 radical (unpaired) electrons. The second-order valence-electron chi connectivity index (χ2n) is 5.80. The summed E-state index contributed by atoms with van der Waals surface area (Å²) in [4.78, 5) is 0. The van der Waals surface area contributed by atoms with Gasteiger partial charge in [-0.15, -0.1) is 0 Å². The van der Waals surface area contributed by atoms with Crippen LogP contribution >= 0.6 is 0 Å². The minimum Gasteiger partial charge on any atom is -0.493 e. The molecule has 20 heavy (non-hydrogen) atoms. The van der Waals surface area contributed by atoms with Gasteiger partial charge in [0.1, 0.15) is 0 Å². The summed E-state index contributed by atoms with van der Waals surface area (Å²) >= 11 is 0. The normalized spacial score (nSPS) is 18.1. The van der Waals surface area contributed by atoms with Crippen molar-refractivity contribution in [3.8, 4) is 11.5 Å².